The Hall–Kier alpha value is -2.57. The molecule has 7 heteroatoms. The highest BCUT2D eigenvalue weighted by atomic mass is 16.5. The van der Waals surface area contributed by atoms with E-state index in [9.17, 15) is 14.4 Å². The molecule has 0 spiro atoms. The van der Waals surface area contributed by atoms with E-state index >= 15 is 0 Å². The number of piperidine rings is 1. The molecule has 2 unspecified atom stereocenters. The second-order valence-corrected chi connectivity index (χ2v) is 9.20. The number of carbonyl (C=O) groups excluding carboxylic acids is 3. The zero-order chi connectivity index (χ0) is 22.7. The van der Waals surface area contributed by atoms with Crippen LogP contribution < -0.4 is 4.74 Å². The summed E-state index contributed by atoms with van der Waals surface area (Å²) in [6.45, 7) is 5.09. The van der Waals surface area contributed by atoms with E-state index in [4.69, 9.17) is 4.74 Å². The van der Waals surface area contributed by atoms with Gasteiger partial charge in [-0.1, -0.05) is 31.5 Å². The number of amides is 3. The summed E-state index contributed by atoms with van der Waals surface area (Å²) in [5.41, 5.74) is 0.903. The normalized spacial score (nSPS) is 23.9. The molecule has 2 aliphatic heterocycles. The van der Waals surface area contributed by atoms with Crippen LogP contribution in [0.1, 0.15) is 57.1 Å². The number of nitrogens with zero attached hydrogens (tertiary/aromatic N) is 3. The molecule has 0 bridgehead atoms. The molecule has 1 aromatic carbocycles. The molecule has 7 nitrogen and oxygen atoms in total. The predicted molar refractivity (Wildman–Crippen MR) is 121 cm³/mol. The summed E-state index contributed by atoms with van der Waals surface area (Å²) in [5, 5.41) is 0. The van der Waals surface area contributed by atoms with Gasteiger partial charge >= 0.3 is 0 Å². The van der Waals surface area contributed by atoms with Gasteiger partial charge in [0.25, 0.3) is 0 Å². The lowest BCUT2D eigenvalue weighted by atomic mass is 9.82. The minimum Gasteiger partial charge on any atom is -0.496 e. The van der Waals surface area contributed by atoms with Gasteiger partial charge < -0.3 is 19.4 Å². The van der Waals surface area contributed by atoms with E-state index in [0.717, 1.165) is 31.2 Å². The second kappa shape index (κ2) is 9.92. The lowest BCUT2D eigenvalue weighted by Crippen LogP contribution is -2.55. The fraction of sp³-hybridized carbons (Fsp3) is 0.640. The van der Waals surface area contributed by atoms with Crippen molar-refractivity contribution in [1.29, 1.82) is 0 Å². The molecule has 3 fully saturated rings. The fourth-order valence-electron chi connectivity index (χ4n) is 5.07. The van der Waals surface area contributed by atoms with E-state index in [1.54, 1.807) is 7.11 Å². The molecule has 1 aromatic rings. The largest absolute Gasteiger partial charge is 0.496 e. The first-order valence-corrected chi connectivity index (χ1v) is 12.0. The molecule has 0 radical (unpaired) electrons. The molecule has 4 rings (SSSR count). The molecular weight excluding hydrogens is 406 g/mol. The third kappa shape index (κ3) is 4.62. The molecule has 1 aliphatic carbocycles. The highest BCUT2D eigenvalue weighted by Gasteiger charge is 2.44. The predicted octanol–water partition coefficient (Wildman–Crippen LogP) is 2.86. The first-order chi connectivity index (χ1) is 15.5. The molecule has 0 N–H and O–H groups in total. The summed E-state index contributed by atoms with van der Waals surface area (Å²) < 4.78 is 5.62. The summed E-state index contributed by atoms with van der Waals surface area (Å²) in [4.78, 5) is 44.8. The smallest absolute Gasteiger partial charge is 0.228 e. The Balaban J connectivity index is 1.55. The van der Waals surface area contributed by atoms with E-state index in [-0.39, 0.29) is 35.6 Å². The number of methoxy groups -OCH3 is 1. The van der Waals surface area contributed by atoms with Crippen molar-refractivity contribution in [2.75, 3.05) is 39.8 Å². The van der Waals surface area contributed by atoms with Gasteiger partial charge in [-0.3, -0.25) is 14.4 Å². The first-order valence-electron chi connectivity index (χ1n) is 12.0. The fourth-order valence-corrected chi connectivity index (χ4v) is 5.07. The van der Waals surface area contributed by atoms with Gasteiger partial charge in [-0.2, -0.15) is 0 Å². The summed E-state index contributed by atoms with van der Waals surface area (Å²) in [5.74, 6) is 1.08. The minimum atomic E-state index is -0.322. The Morgan fingerprint density at radius 3 is 2.28 bits per heavy atom. The maximum absolute atomic E-state index is 13.7. The Bertz CT molecular complexity index is 845. The van der Waals surface area contributed by atoms with Crippen LogP contribution in [0.4, 0.5) is 0 Å². The number of hydrogen-bond donors (Lipinski definition) is 0. The molecule has 1 saturated carbocycles. The van der Waals surface area contributed by atoms with Gasteiger partial charge in [0.1, 0.15) is 5.75 Å². The van der Waals surface area contributed by atoms with Gasteiger partial charge in [-0.25, -0.2) is 0 Å². The number of rotatable bonds is 7. The van der Waals surface area contributed by atoms with Crippen molar-refractivity contribution in [3.8, 4) is 5.75 Å². The minimum absolute atomic E-state index is 0.0911. The molecule has 174 valence electrons. The molecule has 0 aromatic heterocycles. The number of para-hydroxylation sites is 1. The zero-order valence-corrected chi connectivity index (χ0v) is 19.3. The summed E-state index contributed by atoms with van der Waals surface area (Å²) in [6, 6.07) is 7.41. The Morgan fingerprint density at radius 1 is 1.00 bits per heavy atom. The summed E-state index contributed by atoms with van der Waals surface area (Å²) in [7, 11) is 1.63. The SMILES string of the molecule is CCCCN1C(=O)CCC(C(=O)N2CCN(C(=O)C3CC3)CC2)C1c1ccccc1OC. The highest BCUT2D eigenvalue weighted by Crippen LogP contribution is 2.41. The van der Waals surface area contributed by atoms with Gasteiger partial charge in [0, 0.05) is 50.6 Å². The van der Waals surface area contributed by atoms with E-state index in [1.165, 1.54) is 0 Å². The number of hydrogen-bond acceptors (Lipinski definition) is 4. The van der Waals surface area contributed by atoms with Gasteiger partial charge in [0.15, 0.2) is 0 Å². The number of benzene rings is 1. The van der Waals surface area contributed by atoms with Crippen LogP contribution in [-0.4, -0.2) is 72.3 Å². The lowest BCUT2D eigenvalue weighted by molar-refractivity contribution is -0.151. The lowest BCUT2D eigenvalue weighted by Gasteiger charge is -2.44. The van der Waals surface area contributed by atoms with E-state index < -0.39 is 0 Å². The van der Waals surface area contributed by atoms with Gasteiger partial charge in [-0.15, -0.1) is 0 Å². The maximum atomic E-state index is 13.7. The topological polar surface area (TPSA) is 70.2 Å². The molecule has 32 heavy (non-hydrogen) atoms. The Kier molecular flexibility index (Phi) is 7.01. The highest BCUT2D eigenvalue weighted by molar-refractivity contribution is 5.86. The van der Waals surface area contributed by atoms with Crippen molar-refractivity contribution >= 4 is 17.7 Å². The summed E-state index contributed by atoms with van der Waals surface area (Å²) >= 11 is 0. The quantitative estimate of drug-likeness (QED) is 0.652. The molecule has 3 amide bonds. The Labute approximate surface area is 190 Å². The second-order valence-electron chi connectivity index (χ2n) is 9.20. The number of carbonyl (C=O) groups is 3. The van der Waals surface area contributed by atoms with Gasteiger partial charge in [0.2, 0.25) is 17.7 Å². The zero-order valence-electron chi connectivity index (χ0n) is 19.3. The number of unbranched alkanes of at least 4 members (excludes halogenated alkanes) is 1. The number of likely N-dealkylation sites (tertiary alicyclic amines) is 1. The van der Waals surface area contributed by atoms with Crippen molar-refractivity contribution in [3.63, 3.8) is 0 Å². The van der Waals surface area contributed by atoms with E-state index in [0.29, 0.717) is 51.3 Å². The van der Waals surface area contributed by atoms with Gasteiger partial charge in [0.05, 0.1) is 19.1 Å². The van der Waals surface area contributed by atoms with Crippen molar-refractivity contribution in [1.82, 2.24) is 14.7 Å². The Morgan fingerprint density at radius 2 is 1.66 bits per heavy atom. The summed E-state index contributed by atoms with van der Waals surface area (Å²) in [6.07, 6.45) is 4.83. The average molecular weight is 442 g/mol. The van der Waals surface area contributed by atoms with Crippen molar-refractivity contribution in [3.05, 3.63) is 29.8 Å². The molecule has 2 saturated heterocycles. The van der Waals surface area contributed by atoms with Crippen molar-refractivity contribution in [2.45, 2.75) is 51.5 Å². The van der Waals surface area contributed by atoms with Crippen LogP contribution in [-0.2, 0) is 14.4 Å². The van der Waals surface area contributed by atoms with Crippen LogP contribution in [0.2, 0.25) is 0 Å². The van der Waals surface area contributed by atoms with Crippen LogP contribution in [0.25, 0.3) is 0 Å². The van der Waals surface area contributed by atoms with E-state index in [1.807, 2.05) is 39.0 Å². The van der Waals surface area contributed by atoms with Crippen LogP contribution in [0, 0.1) is 11.8 Å². The van der Waals surface area contributed by atoms with Crippen LogP contribution >= 0.6 is 0 Å². The molecular formula is C25H35N3O4. The maximum Gasteiger partial charge on any atom is 0.228 e. The van der Waals surface area contributed by atoms with Gasteiger partial charge in [-0.05, 0) is 31.7 Å². The van der Waals surface area contributed by atoms with Crippen molar-refractivity contribution < 1.29 is 19.1 Å². The monoisotopic (exact) mass is 441 g/mol. The van der Waals surface area contributed by atoms with Crippen LogP contribution in [0.15, 0.2) is 24.3 Å². The molecule has 2 heterocycles. The van der Waals surface area contributed by atoms with Crippen LogP contribution in [0.5, 0.6) is 5.75 Å². The third-order valence-corrected chi connectivity index (χ3v) is 7.06. The number of ether oxygens (including phenoxy) is 1. The van der Waals surface area contributed by atoms with Crippen LogP contribution in [0.3, 0.4) is 0 Å². The van der Waals surface area contributed by atoms with E-state index in [2.05, 4.69) is 6.92 Å². The average Bonchev–Trinajstić information content (AvgIpc) is 3.68. The number of piperazine rings is 1. The molecule has 3 aliphatic rings. The third-order valence-electron chi connectivity index (χ3n) is 7.06. The van der Waals surface area contributed by atoms with Crippen molar-refractivity contribution in [2.24, 2.45) is 11.8 Å². The first kappa shape index (κ1) is 22.6. The molecule has 2 atom stereocenters. The standard InChI is InChI=1S/C25H35N3O4/c1-3-4-13-28-22(29)12-11-20(23(28)19-7-5-6-8-21(19)32-2)25(31)27-16-14-26(15-17-27)24(30)18-9-10-18/h5-8,18,20,23H,3-4,9-17H2,1-2H3.